The van der Waals surface area contributed by atoms with Gasteiger partial charge in [-0.25, -0.2) is 9.78 Å². The Morgan fingerprint density at radius 1 is 1.22 bits per heavy atom. The van der Waals surface area contributed by atoms with Gasteiger partial charge >= 0.3 is 12.1 Å². The number of aryl methyl sites for hydroxylation is 1. The van der Waals surface area contributed by atoms with E-state index in [1.807, 2.05) is 17.9 Å². The topological polar surface area (TPSA) is 96.6 Å². The van der Waals surface area contributed by atoms with Crippen molar-refractivity contribution in [1.29, 1.82) is 0 Å². The minimum atomic E-state index is -4.65. The first-order valence-corrected chi connectivity index (χ1v) is 12.0. The number of hydrogen-bond donors (Lipinski definition) is 2. The molecule has 1 aromatic carbocycles. The summed E-state index contributed by atoms with van der Waals surface area (Å²) < 4.78 is 51.0. The molecule has 0 radical (unpaired) electrons. The zero-order valence-electron chi connectivity index (χ0n) is 21.2. The molecule has 3 rings (SSSR count). The van der Waals surface area contributed by atoms with Crippen LogP contribution in [0.25, 0.3) is 0 Å². The minimum absolute atomic E-state index is 0.0669. The van der Waals surface area contributed by atoms with Crippen LogP contribution in [0, 0.1) is 0 Å². The summed E-state index contributed by atoms with van der Waals surface area (Å²) in [7, 11) is 0. The Hall–Kier alpha value is -3.08. The zero-order valence-corrected chi connectivity index (χ0v) is 21.2. The number of aromatic nitrogens is 2. The maximum Gasteiger partial charge on any atom is 0.435 e. The second-order valence-electron chi connectivity index (χ2n) is 9.62. The maximum atomic E-state index is 13.2. The van der Waals surface area contributed by atoms with E-state index in [2.05, 4.69) is 15.3 Å². The van der Waals surface area contributed by atoms with Gasteiger partial charge in [0, 0.05) is 31.1 Å². The highest BCUT2D eigenvalue weighted by Crippen LogP contribution is 2.31. The molecule has 2 N–H and O–H groups in total. The lowest BCUT2D eigenvalue weighted by Crippen LogP contribution is -2.55. The first kappa shape index (κ1) is 27.5. The molecule has 1 saturated heterocycles. The third-order valence-electron chi connectivity index (χ3n) is 5.72. The summed E-state index contributed by atoms with van der Waals surface area (Å²) in [4.78, 5) is 33.3. The van der Waals surface area contributed by atoms with E-state index < -0.39 is 41.5 Å². The van der Waals surface area contributed by atoms with Gasteiger partial charge in [0.1, 0.15) is 5.60 Å². The number of esters is 1. The van der Waals surface area contributed by atoms with Crippen LogP contribution in [0.5, 0.6) is 0 Å². The number of anilines is 1. The van der Waals surface area contributed by atoms with Crippen molar-refractivity contribution >= 4 is 17.6 Å². The molecule has 1 fully saturated rings. The summed E-state index contributed by atoms with van der Waals surface area (Å²) in [5.74, 6) is -1.51. The average Bonchev–Trinajstić information content (AvgIpc) is 3.25. The number of hydrogen-bond acceptors (Lipinski definition) is 6. The summed E-state index contributed by atoms with van der Waals surface area (Å²) in [6, 6.07) is 6.67. The van der Waals surface area contributed by atoms with Gasteiger partial charge in [-0.15, -0.1) is 0 Å². The van der Waals surface area contributed by atoms with Crippen LogP contribution in [-0.2, 0) is 22.1 Å². The number of piperidine rings is 1. The lowest BCUT2D eigenvalue weighted by Gasteiger charge is -2.39. The summed E-state index contributed by atoms with van der Waals surface area (Å²) in [5.41, 5.74) is -0.585. The Morgan fingerprint density at radius 2 is 1.94 bits per heavy atom. The van der Waals surface area contributed by atoms with E-state index in [0.29, 0.717) is 31.7 Å². The fraction of sp³-hybridized carbons (Fsp3) is 0.560. The molecule has 1 aliphatic rings. The molecule has 2 heterocycles. The van der Waals surface area contributed by atoms with Crippen LogP contribution in [0.2, 0.25) is 0 Å². The predicted octanol–water partition coefficient (Wildman–Crippen LogP) is 4.36. The number of nitrogens with one attached hydrogen (secondary N) is 2. The number of benzene rings is 1. The molecule has 2 atom stereocenters. The second kappa shape index (κ2) is 10.9. The van der Waals surface area contributed by atoms with Crippen LogP contribution in [0.1, 0.15) is 73.4 Å². The summed E-state index contributed by atoms with van der Waals surface area (Å²) >= 11 is 0. The number of carbonyl (C=O) groups excluding carboxylic acids is 2. The molecule has 0 spiro atoms. The average molecular weight is 511 g/mol. The molecule has 8 nitrogen and oxygen atoms in total. The van der Waals surface area contributed by atoms with Gasteiger partial charge in [0.2, 0.25) is 0 Å². The normalized spacial score (nSPS) is 18.7. The Balaban J connectivity index is 1.72. The van der Waals surface area contributed by atoms with Gasteiger partial charge in [-0.3, -0.25) is 4.79 Å². The van der Waals surface area contributed by atoms with Crippen molar-refractivity contribution in [3.63, 3.8) is 0 Å². The first-order valence-electron chi connectivity index (χ1n) is 12.0. The van der Waals surface area contributed by atoms with Gasteiger partial charge in [0.05, 0.1) is 17.7 Å². The van der Waals surface area contributed by atoms with Crippen molar-refractivity contribution in [3.8, 4) is 0 Å². The minimum Gasteiger partial charge on any atom is -0.456 e. The first-order chi connectivity index (χ1) is 16.8. The number of aromatic amines is 1. The SMILES string of the molecule is CCO[C@@H]1CN(c2cccc(C(=O)OC(C)(C)C)c2)CC[C@@H]1NC(=O)c1nc(C(F)(F)F)c(CC)[nH]1. The maximum absolute atomic E-state index is 13.2. The highest BCUT2D eigenvalue weighted by molar-refractivity contribution is 5.91. The Labute approximate surface area is 208 Å². The zero-order chi connectivity index (χ0) is 26.7. The molecular weight excluding hydrogens is 477 g/mol. The molecular formula is C25H33F3N4O4. The van der Waals surface area contributed by atoms with Gasteiger partial charge in [0.15, 0.2) is 11.5 Å². The molecule has 0 bridgehead atoms. The predicted molar refractivity (Wildman–Crippen MR) is 128 cm³/mol. The van der Waals surface area contributed by atoms with Crippen molar-refractivity contribution in [2.75, 3.05) is 24.6 Å². The highest BCUT2D eigenvalue weighted by Gasteiger charge is 2.38. The Bertz CT molecular complexity index is 1080. The van der Waals surface area contributed by atoms with Gasteiger partial charge in [-0.2, -0.15) is 13.2 Å². The van der Waals surface area contributed by atoms with Crippen molar-refractivity contribution < 1.29 is 32.2 Å². The smallest absolute Gasteiger partial charge is 0.435 e. The van der Waals surface area contributed by atoms with Crippen LogP contribution in [-0.4, -0.2) is 59.3 Å². The number of alkyl halides is 3. The molecule has 1 amide bonds. The van der Waals surface area contributed by atoms with E-state index in [1.165, 1.54) is 0 Å². The quantitative estimate of drug-likeness (QED) is 0.538. The van der Waals surface area contributed by atoms with E-state index >= 15 is 0 Å². The van der Waals surface area contributed by atoms with Crippen LogP contribution in [0.4, 0.5) is 18.9 Å². The van der Waals surface area contributed by atoms with E-state index in [4.69, 9.17) is 9.47 Å². The lowest BCUT2D eigenvalue weighted by atomic mass is 10.00. The van der Waals surface area contributed by atoms with Crippen molar-refractivity contribution in [3.05, 3.63) is 47.0 Å². The van der Waals surface area contributed by atoms with Crippen LogP contribution in [0.15, 0.2) is 24.3 Å². The molecule has 11 heteroatoms. The van der Waals surface area contributed by atoms with Gasteiger partial charge < -0.3 is 24.7 Å². The molecule has 0 saturated carbocycles. The molecule has 198 valence electrons. The molecule has 1 aromatic heterocycles. The standard InChI is InChI=1S/C25H33F3N4O4/c1-6-17-20(25(26,27)28)31-21(29-17)22(33)30-18-11-12-32(14-19(18)35-7-2)16-10-8-9-15(13-16)23(34)36-24(3,4)5/h8-10,13,18-19H,6-7,11-12,14H2,1-5H3,(H,29,31)(H,30,33)/t18-,19+/m0/s1. The van der Waals surface area contributed by atoms with E-state index in [-0.39, 0.29) is 17.9 Å². The van der Waals surface area contributed by atoms with E-state index in [0.717, 1.165) is 5.69 Å². The molecule has 0 aliphatic carbocycles. The third-order valence-corrected chi connectivity index (χ3v) is 5.72. The number of nitrogens with zero attached hydrogens (tertiary/aromatic N) is 2. The summed E-state index contributed by atoms with van der Waals surface area (Å²) in [6.45, 7) is 10.1. The van der Waals surface area contributed by atoms with Crippen LogP contribution in [0.3, 0.4) is 0 Å². The lowest BCUT2D eigenvalue weighted by molar-refractivity contribution is -0.141. The van der Waals surface area contributed by atoms with Crippen molar-refractivity contribution in [2.45, 2.75) is 71.4 Å². The van der Waals surface area contributed by atoms with E-state index in [9.17, 15) is 22.8 Å². The van der Waals surface area contributed by atoms with Gasteiger partial charge in [-0.1, -0.05) is 13.0 Å². The number of amides is 1. The molecule has 2 aromatic rings. The monoisotopic (exact) mass is 510 g/mol. The van der Waals surface area contributed by atoms with Crippen LogP contribution < -0.4 is 10.2 Å². The number of ether oxygens (including phenoxy) is 2. The number of imidazole rings is 1. The highest BCUT2D eigenvalue weighted by atomic mass is 19.4. The van der Waals surface area contributed by atoms with Crippen molar-refractivity contribution in [2.24, 2.45) is 0 Å². The Kier molecular flexibility index (Phi) is 8.33. The summed E-state index contributed by atoms with van der Waals surface area (Å²) in [5, 5.41) is 2.79. The molecule has 1 aliphatic heterocycles. The van der Waals surface area contributed by atoms with Crippen LogP contribution >= 0.6 is 0 Å². The summed E-state index contributed by atoms with van der Waals surface area (Å²) in [6.07, 6.45) is -4.51. The fourth-order valence-electron chi connectivity index (χ4n) is 4.11. The van der Waals surface area contributed by atoms with E-state index in [1.54, 1.807) is 45.9 Å². The van der Waals surface area contributed by atoms with Crippen molar-refractivity contribution in [1.82, 2.24) is 15.3 Å². The number of halogens is 3. The molecule has 0 unspecified atom stereocenters. The second-order valence-corrected chi connectivity index (χ2v) is 9.62. The largest absolute Gasteiger partial charge is 0.456 e. The van der Waals surface area contributed by atoms with Gasteiger partial charge in [-0.05, 0) is 58.7 Å². The Morgan fingerprint density at radius 3 is 2.53 bits per heavy atom. The fourth-order valence-corrected chi connectivity index (χ4v) is 4.11. The number of carbonyl (C=O) groups is 2. The molecule has 36 heavy (non-hydrogen) atoms. The third kappa shape index (κ3) is 6.77. The van der Waals surface area contributed by atoms with Gasteiger partial charge in [0.25, 0.3) is 5.91 Å². The number of H-pyrrole nitrogens is 1. The number of rotatable bonds is 7.